The van der Waals surface area contributed by atoms with Crippen molar-refractivity contribution in [3.63, 3.8) is 0 Å². The number of carboxylic acids is 1. The lowest BCUT2D eigenvalue weighted by Gasteiger charge is -1.99. The van der Waals surface area contributed by atoms with Crippen LogP contribution in [0.4, 0.5) is 0 Å². The summed E-state index contributed by atoms with van der Waals surface area (Å²) in [6.07, 6.45) is 4.44. The van der Waals surface area contributed by atoms with Crippen LogP contribution >= 0.6 is 0 Å². The first kappa shape index (κ1) is 9.45. The Morgan fingerprint density at radius 3 is 2.85 bits per heavy atom. The second kappa shape index (κ2) is 3.85. The maximum Gasteiger partial charge on any atom is 0.328 e. The average Bonchev–Trinajstić information content (AvgIpc) is 2.06. The summed E-state index contributed by atoms with van der Waals surface area (Å²) in [6, 6.07) is 1.86. The van der Waals surface area contributed by atoms with Gasteiger partial charge >= 0.3 is 5.97 Å². The van der Waals surface area contributed by atoms with Crippen LogP contribution in [0.3, 0.4) is 0 Å². The van der Waals surface area contributed by atoms with E-state index in [2.05, 4.69) is 4.98 Å². The summed E-state index contributed by atoms with van der Waals surface area (Å²) in [6.45, 7) is 3.77. The molecule has 0 saturated carbocycles. The summed E-state index contributed by atoms with van der Waals surface area (Å²) in [7, 11) is 0. The molecule has 1 rings (SSSR count). The molecule has 0 radical (unpaired) electrons. The van der Waals surface area contributed by atoms with Crippen molar-refractivity contribution in [2.75, 3.05) is 0 Å². The molecule has 0 aromatic carbocycles. The van der Waals surface area contributed by atoms with Crippen LogP contribution < -0.4 is 0 Å². The standard InChI is InChI=1S/C10H11NO2/c1-7-6-11-8(2)5-9(7)3-4-10(12)13/h3-6H,1-2H3,(H,12,13). The summed E-state index contributed by atoms with van der Waals surface area (Å²) in [5, 5.41) is 8.43. The fourth-order valence-electron chi connectivity index (χ4n) is 0.990. The van der Waals surface area contributed by atoms with Crippen LogP contribution in [0.2, 0.25) is 0 Å². The summed E-state index contributed by atoms with van der Waals surface area (Å²) in [5.41, 5.74) is 2.76. The van der Waals surface area contributed by atoms with Crippen molar-refractivity contribution in [3.05, 3.63) is 35.2 Å². The van der Waals surface area contributed by atoms with E-state index in [0.717, 1.165) is 22.9 Å². The van der Waals surface area contributed by atoms with Gasteiger partial charge in [-0.15, -0.1) is 0 Å². The normalized spacial score (nSPS) is 10.6. The third-order valence-corrected chi connectivity index (χ3v) is 1.69. The number of hydrogen-bond acceptors (Lipinski definition) is 2. The van der Waals surface area contributed by atoms with E-state index in [4.69, 9.17) is 5.11 Å². The number of pyridine rings is 1. The van der Waals surface area contributed by atoms with Crippen molar-refractivity contribution in [2.45, 2.75) is 13.8 Å². The lowest BCUT2D eigenvalue weighted by molar-refractivity contribution is -0.131. The molecular weight excluding hydrogens is 166 g/mol. The minimum atomic E-state index is -0.936. The predicted octanol–water partition coefficient (Wildman–Crippen LogP) is 1.80. The molecule has 0 saturated heterocycles. The number of aryl methyl sites for hydroxylation is 2. The molecular formula is C10H11NO2. The molecule has 1 heterocycles. The van der Waals surface area contributed by atoms with E-state index in [9.17, 15) is 4.79 Å². The van der Waals surface area contributed by atoms with Crippen molar-refractivity contribution in [1.82, 2.24) is 4.98 Å². The van der Waals surface area contributed by atoms with Gasteiger partial charge in [0, 0.05) is 18.0 Å². The quantitative estimate of drug-likeness (QED) is 0.701. The molecule has 3 heteroatoms. The maximum atomic E-state index is 10.3. The van der Waals surface area contributed by atoms with Crippen LogP contribution in [0.5, 0.6) is 0 Å². The molecule has 1 aromatic rings. The third kappa shape index (κ3) is 2.71. The zero-order valence-corrected chi connectivity index (χ0v) is 7.61. The van der Waals surface area contributed by atoms with Crippen molar-refractivity contribution in [3.8, 4) is 0 Å². The third-order valence-electron chi connectivity index (χ3n) is 1.69. The molecule has 0 aliphatic heterocycles. The Hall–Kier alpha value is -1.64. The second-order valence-electron chi connectivity index (χ2n) is 2.85. The van der Waals surface area contributed by atoms with Gasteiger partial charge in [0.05, 0.1) is 0 Å². The van der Waals surface area contributed by atoms with E-state index in [-0.39, 0.29) is 0 Å². The summed E-state index contributed by atoms with van der Waals surface area (Å²) < 4.78 is 0. The van der Waals surface area contributed by atoms with E-state index in [0.29, 0.717) is 0 Å². The molecule has 13 heavy (non-hydrogen) atoms. The molecule has 1 aromatic heterocycles. The van der Waals surface area contributed by atoms with Gasteiger partial charge < -0.3 is 5.11 Å². The molecule has 0 fully saturated rings. The average molecular weight is 177 g/mol. The van der Waals surface area contributed by atoms with E-state index in [1.165, 1.54) is 0 Å². The SMILES string of the molecule is Cc1cc(C=CC(=O)O)c(C)cn1. The number of aromatic nitrogens is 1. The second-order valence-corrected chi connectivity index (χ2v) is 2.85. The minimum Gasteiger partial charge on any atom is -0.478 e. The van der Waals surface area contributed by atoms with Gasteiger partial charge in [-0.05, 0) is 37.1 Å². The molecule has 68 valence electrons. The monoisotopic (exact) mass is 177 g/mol. The van der Waals surface area contributed by atoms with Crippen molar-refractivity contribution >= 4 is 12.0 Å². The van der Waals surface area contributed by atoms with Crippen LogP contribution in [0, 0.1) is 13.8 Å². The summed E-state index contributed by atoms with van der Waals surface area (Å²) in [4.78, 5) is 14.4. The largest absolute Gasteiger partial charge is 0.478 e. The zero-order valence-electron chi connectivity index (χ0n) is 7.61. The highest BCUT2D eigenvalue weighted by molar-refractivity contribution is 5.85. The van der Waals surface area contributed by atoms with E-state index < -0.39 is 5.97 Å². The Labute approximate surface area is 76.7 Å². The predicted molar refractivity (Wildman–Crippen MR) is 50.4 cm³/mol. The molecule has 0 bridgehead atoms. The lowest BCUT2D eigenvalue weighted by Crippen LogP contribution is -1.89. The maximum absolute atomic E-state index is 10.3. The molecule has 0 spiro atoms. The van der Waals surface area contributed by atoms with Gasteiger partial charge in [-0.2, -0.15) is 0 Å². The Bertz CT molecular complexity index is 356. The number of aliphatic carboxylic acids is 1. The van der Waals surface area contributed by atoms with Gasteiger partial charge in [-0.3, -0.25) is 4.98 Å². The van der Waals surface area contributed by atoms with E-state index in [1.54, 1.807) is 12.3 Å². The van der Waals surface area contributed by atoms with Crippen molar-refractivity contribution in [1.29, 1.82) is 0 Å². The van der Waals surface area contributed by atoms with Crippen LogP contribution in [0.15, 0.2) is 18.3 Å². The molecule has 0 amide bonds. The number of hydrogen-bond donors (Lipinski definition) is 1. The number of carboxylic acid groups (broad SMARTS) is 1. The zero-order chi connectivity index (χ0) is 9.84. The van der Waals surface area contributed by atoms with E-state index >= 15 is 0 Å². The molecule has 3 nitrogen and oxygen atoms in total. The fraction of sp³-hybridized carbons (Fsp3) is 0.200. The van der Waals surface area contributed by atoms with Crippen LogP contribution in [0.1, 0.15) is 16.8 Å². The number of rotatable bonds is 2. The molecule has 0 aliphatic carbocycles. The van der Waals surface area contributed by atoms with Gasteiger partial charge in [-0.1, -0.05) is 0 Å². The topological polar surface area (TPSA) is 50.2 Å². The highest BCUT2D eigenvalue weighted by atomic mass is 16.4. The highest BCUT2D eigenvalue weighted by Crippen LogP contribution is 2.09. The Balaban J connectivity index is 3.00. The van der Waals surface area contributed by atoms with Crippen molar-refractivity contribution in [2.24, 2.45) is 0 Å². The van der Waals surface area contributed by atoms with Gasteiger partial charge in [0.25, 0.3) is 0 Å². The summed E-state index contributed by atoms with van der Waals surface area (Å²) in [5.74, 6) is -0.936. The van der Waals surface area contributed by atoms with Crippen molar-refractivity contribution < 1.29 is 9.90 Å². The van der Waals surface area contributed by atoms with Gasteiger partial charge in [0.2, 0.25) is 0 Å². The Morgan fingerprint density at radius 2 is 2.23 bits per heavy atom. The minimum absolute atomic E-state index is 0.885. The summed E-state index contributed by atoms with van der Waals surface area (Å²) >= 11 is 0. The molecule has 0 unspecified atom stereocenters. The van der Waals surface area contributed by atoms with Crippen LogP contribution in [-0.4, -0.2) is 16.1 Å². The Morgan fingerprint density at radius 1 is 1.54 bits per heavy atom. The van der Waals surface area contributed by atoms with Crippen LogP contribution in [-0.2, 0) is 4.79 Å². The molecule has 1 N–H and O–H groups in total. The van der Waals surface area contributed by atoms with E-state index in [1.807, 2.05) is 19.9 Å². The number of nitrogens with zero attached hydrogens (tertiary/aromatic N) is 1. The van der Waals surface area contributed by atoms with Gasteiger partial charge in [0.15, 0.2) is 0 Å². The first-order chi connectivity index (χ1) is 6.09. The molecule has 0 aliphatic rings. The first-order valence-electron chi connectivity index (χ1n) is 3.94. The highest BCUT2D eigenvalue weighted by Gasteiger charge is 1.95. The van der Waals surface area contributed by atoms with Gasteiger partial charge in [-0.25, -0.2) is 4.79 Å². The smallest absolute Gasteiger partial charge is 0.328 e. The first-order valence-corrected chi connectivity index (χ1v) is 3.94. The lowest BCUT2D eigenvalue weighted by atomic mass is 10.1. The van der Waals surface area contributed by atoms with Crippen LogP contribution in [0.25, 0.3) is 6.08 Å². The van der Waals surface area contributed by atoms with Gasteiger partial charge in [0.1, 0.15) is 0 Å². The Kier molecular flexibility index (Phi) is 2.80. The number of carbonyl (C=O) groups is 1. The fourth-order valence-corrected chi connectivity index (χ4v) is 0.990. The molecule has 0 atom stereocenters.